The lowest BCUT2D eigenvalue weighted by atomic mass is 10.2. The summed E-state index contributed by atoms with van der Waals surface area (Å²) in [6.45, 7) is 1.85. The summed E-state index contributed by atoms with van der Waals surface area (Å²) in [5, 5.41) is 11.9. The lowest BCUT2D eigenvalue weighted by molar-refractivity contribution is 0.203. The molecule has 0 aliphatic carbocycles. The van der Waals surface area contributed by atoms with Gasteiger partial charge in [-0.25, -0.2) is 8.42 Å². The topological polar surface area (TPSA) is 69.6 Å². The molecule has 1 saturated heterocycles. The van der Waals surface area contributed by atoms with Gasteiger partial charge in [0, 0.05) is 32.3 Å². The van der Waals surface area contributed by atoms with Crippen molar-refractivity contribution in [3.8, 4) is 0 Å². The van der Waals surface area contributed by atoms with Crippen LogP contribution in [0.1, 0.15) is 6.42 Å². The van der Waals surface area contributed by atoms with Gasteiger partial charge in [-0.15, -0.1) is 0 Å². The molecule has 1 fully saturated rings. The number of hydrogen-bond acceptors (Lipinski definition) is 4. The standard InChI is InChI=1S/C7H16N2O3S/c1-13(11,12)9-4-3-8-6-7(9)2-5-10/h7-8,10H,2-6H2,1H3. The highest BCUT2D eigenvalue weighted by Gasteiger charge is 2.28. The van der Waals surface area contributed by atoms with E-state index in [1.54, 1.807) is 0 Å². The summed E-state index contributed by atoms with van der Waals surface area (Å²) < 4.78 is 24.0. The molecule has 1 rings (SSSR count). The average molecular weight is 208 g/mol. The normalized spacial score (nSPS) is 26.2. The third kappa shape index (κ3) is 2.91. The Balaban J connectivity index is 2.67. The molecule has 1 aliphatic rings. The van der Waals surface area contributed by atoms with Crippen LogP contribution >= 0.6 is 0 Å². The minimum absolute atomic E-state index is 0.0262. The molecule has 0 aromatic heterocycles. The highest BCUT2D eigenvalue weighted by atomic mass is 32.2. The quantitative estimate of drug-likeness (QED) is 0.598. The number of hydrogen-bond donors (Lipinski definition) is 2. The summed E-state index contributed by atoms with van der Waals surface area (Å²) in [6, 6.07) is -0.0891. The summed E-state index contributed by atoms with van der Waals surface area (Å²) >= 11 is 0. The van der Waals surface area contributed by atoms with E-state index in [9.17, 15) is 8.42 Å². The molecule has 0 spiro atoms. The first-order valence-electron chi connectivity index (χ1n) is 4.34. The van der Waals surface area contributed by atoms with Crippen LogP contribution in [-0.4, -0.2) is 56.4 Å². The van der Waals surface area contributed by atoms with Crippen LogP contribution in [-0.2, 0) is 10.0 Å². The fraction of sp³-hybridized carbons (Fsp3) is 1.00. The van der Waals surface area contributed by atoms with Gasteiger partial charge in [-0.3, -0.25) is 0 Å². The first-order chi connectivity index (χ1) is 6.05. The predicted molar refractivity (Wildman–Crippen MR) is 49.9 cm³/mol. The van der Waals surface area contributed by atoms with Crippen molar-refractivity contribution in [2.75, 3.05) is 32.5 Å². The molecule has 1 heterocycles. The van der Waals surface area contributed by atoms with Crippen LogP contribution in [0.4, 0.5) is 0 Å². The van der Waals surface area contributed by atoms with E-state index in [4.69, 9.17) is 5.11 Å². The van der Waals surface area contributed by atoms with Crippen LogP contribution in [0.3, 0.4) is 0 Å². The van der Waals surface area contributed by atoms with Crippen molar-refractivity contribution in [2.45, 2.75) is 12.5 Å². The maximum absolute atomic E-state index is 11.3. The molecule has 0 radical (unpaired) electrons. The van der Waals surface area contributed by atoms with E-state index in [0.717, 1.165) is 0 Å². The number of nitrogens with one attached hydrogen (secondary N) is 1. The highest BCUT2D eigenvalue weighted by molar-refractivity contribution is 7.88. The van der Waals surface area contributed by atoms with E-state index in [1.165, 1.54) is 10.6 Å². The van der Waals surface area contributed by atoms with E-state index in [2.05, 4.69) is 5.32 Å². The van der Waals surface area contributed by atoms with Gasteiger partial charge >= 0.3 is 0 Å². The van der Waals surface area contributed by atoms with Crippen molar-refractivity contribution < 1.29 is 13.5 Å². The fourth-order valence-corrected chi connectivity index (χ4v) is 2.72. The van der Waals surface area contributed by atoms with Crippen LogP contribution in [0.25, 0.3) is 0 Å². The maximum atomic E-state index is 11.3. The Morgan fingerprint density at radius 2 is 2.31 bits per heavy atom. The zero-order chi connectivity index (χ0) is 9.90. The number of rotatable bonds is 3. The molecule has 0 aromatic carbocycles. The molecular weight excluding hydrogens is 192 g/mol. The van der Waals surface area contributed by atoms with Crippen LogP contribution in [0, 0.1) is 0 Å². The van der Waals surface area contributed by atoms with Gasteiger partial charge in [0.25, 0.3) is 0 Å². The molecule has 5 nitrogen and oxygen atoms in total. The molecule has 0 amide bonds. The first-order valence-corrected chi connectivity index (χ1v) is 6.19. The van der Waals surface area contributed by atoms with Gasteiger partial charge in [-0.2, -0.15) is 4.31 Å². The van der Waals surface area contributed by atoms with Crippen LogP contribution < -0.4 is 5.32 Å². The predicted octanol–water partition coefficient (Wildman–Crippen LogP) is -1.40. The number of nitrogens with zero attached hydrogens (tertiary/aromatic N) is 1. The SMILES string of the molecule is CS(=O)(=O)N1CCNCC1CCO. The van der Waals surface area contributed by atoms with E-state index < -0.39 is 10.0 Å². The Bertz CT molecular complexity index is 250. The van der Waals surface area contributed by atoms with Crippen LogP contribution in [0.2, 0.25) is 0 Å². The fourth-order valence-electron chi connectivity index (χ4n) is 1.57. The van der Waals surface area contributed by atoms with Crippen molar-refractivity contribution in [1.82, 2.24) is 9.62 Å². The average Bonchev–Trinajstić information content (AvgIpc) is 2.04. The summed E-state index contributed by atoms with van der Waals surface area (Å²) in [5.74, 6) is 0. The lowest BCUT2D eigenvalue weighted by Gasteiger charge is -2.33. The molecule has 0 aromatic rings. The number of aliphatic hydroxyl groups excluding tert-OH is 1. The molecule has 78 valence electrons. The Hall–Kier alpha value is -0.170. The minimum atomic E-state index is -3.12. The van der Waals surface area contributed by atoms with Gasteiger partial charge in [-0.05, 0) is 6.42 Å². The lowest BCUT2D eigenvalue weighted by Crippen LogP contribution is -2.53. The second kappa shape index (κ2) is 4.36. The van der Waals surface area contributed by atoms with Crippen molar-refractivity contribution in [3.63, 3.8) is 0 Å². The van der Waals surface area contributed by atoms with Gasteiger partial charge in [0.2, 0.25) is 10.0 Å². The second-order valence-electron chi connectivity index (χ2n) is 3.24. The van der Waals surface area contributed by atoms with Gasteiger partial charge in [-0.1, -0.05) is 0 Å². The van der Waals surface area contributed by atoms with E-state index in [1.807, 2.05) is 0 Å². The molecular formula is C7H16N2O3S. The Morgan fingerprint density at radius 1 is 1.62 bits per heavy atom. The maximum Gasteiger partial charge on any atom is 0.211 e. The Morgan fingerprint density at radius 3 is 2.85 bits per heavy atom. The van der Waals surface area contributed by atoms with E-state index in [-0.39, 0.29) is 12.6 Å². The van der Waals surface area contributed by atoms with Crippen molar-refractivity contribution in [3.05, 3.63) is 0 Å². The summed E-state index contributed by atoms with van der Waals surface area (Å²) in [6.07, 6.45) is 1.71. The third-order valence-electron chi connectivity index (χ3n) is 2.18. The molecule has 1 aliphatic heterocycles. The van der Waals surface area contributed by atoms with Crippen molar-refractivity contribution >= 4 is 10.0 Å². The largest absolute Gasteiger partial charge is 0.396 e. The zero-order valence-corrected chi connectivity index (χ0v) is 8.55. The molecule has 2 N–H and O–H groups in total. The van der Waals surface area contributed by atoms with Crippen molar-refractivity contribution in [2.24, 2.45) is 0 Å². The number of aliphatic hydroxyl groups is 1. The molecule has 6 heteroatoms. The van der Waals surface area contributed by atoms with Crippen molar-refractivity contribution in [1.29, 1.82) is 0 Å². The Labute approximate surface area is 78.8 Å². The summed E-state index contributed by atoms with van der Waals surface area (Å²) in [4.78, 5) is 0. The monoisotopic (exact) mass is 208 g/mol. The van der Waals surface area contributed by atoms with Gasteiger partial charge < -0.3 is 10.4 Å². The van der Waals surface area contributed by atoms with E-state index in [0.29, 0.717) is 26.1 Å². The summed E-state index contributed by atoms with van der Waals surface area (Å²) in [7, 11) is -3.12. The van der Waals surface area contributed by atoms with Gasteiger partial charge in [0.05, 0.1) is 6.26 Å². The molecule has 0 saturated carbocycles. The number of piperazine rings is 1. The molecule has 1 atom stereocenters. The zero-order valence-electron chi connectivity index (χ0n) is 7.73. The second-order valence-corrected chi connectivity index (χ2v) is 5.18. The molecule has 13 heavy (non-hydrogen) atoms. The molecule has 0 bridgehead atoms. The highest BCUT2D eigenvalue weighted by Crippen LogP contribution is 2.10. The molecule has 1 unspecified atom stereocenters. The Kier molecular flexibility index (Phi) is 3.66. The smallest absolute Gasteiger partial charge is 0.211 e. The minimum Gasteiger partial charge on any atom is -0.396 e. The van der Waals surface area contributed by atoms with Gasteiger partial charge in [0.15, 0.2) is 0 Å². The first kappa shape index (κ1) is 10.9. The summed E-state index contributed by atoms with van der Waals surface area (Å²) in [5.41, 5.74) is 0. The van der Waals surface area contributed by atoms with Crippen LogP contribution in [0.5, 0.6) is 0 Å². The van der Waals surface area contributed by atoms with E-state index >= 15 is 0 Å². The van der Waals surface area contributed by atoms with Crippen LogP contribution in [0.15, 0.2) is 0 Å². The third-order valence-corrected chi connectivity index (χ3v) is 3.52. The number of sulfonamides is 1. The van der Waals surface area contributed by atoms with Gasteiger partial charge in [0.1, 0.15) is 0 Å².